The van der Waals surface area contributed by atoms with Crippen molar-refractivity contribution in [2.75, 3.05) is 13.2 Å². The molecule has 0 aliphatic heterocycles. The largest absolute Gasteiger partial charge is 0.480 e. The molecule has 35 heavy (non-hydrogen) atoms. The summed E-state index contributed by atoms with van der Waals surface area (Å²) in [5.74, 6) is -1.09. The lowest BCUT2D eigenvalue weighted by Gasteiger charge is -2.22. The van der Waals surface area contributed by atoms with Gasteiger partial charge in [-0.1, -0.05) is 67.8 Å². The molecule has 3 aliphatic rings. The summed E-state index contributed by atoms with van der Waals surface area (Å²) in [6.07, 6.45) is 4.49. The van der Waals surface area contributed by atoms with Crippen LogP contribution < -0.4 is 10.6 Å². The normalized spacial score (nSPS) is 21.6. The van der Waals surface area contributed by atoms with Gasteiger partial charge < -0.3 is 20.5 Å². The molecule has 0 spiro atoms. The average Bonchev–Trinajstić information content (AvgIpc) is 3.45. The van der Waals surface area contributed by atoms with Crippen LogP contribution in [0, 0.1) is 17.8 Å². The molecule has 3 aliphatic carbocycles. The Balaban J connectivity index is 1.13. The second kappa shape index (κ2) is 10.1. The molecule has 0 heterocycles. The lowest BCUT2D eigenvalue weighted by molar-refractivity contribution is -0.143. The fourth-order valence-electron chi connectivity index (χ4n) is 5.68. The van der Waals surface area contributed by atoms with Crippen LogP contribution in [0.15, 0.2) is 48.5 Å². The number of fused-ring (bicyclic) bond motifs is 3. The van der Waals surface area contributed by atoms with Crippen LogP contribution in [0.2, 0.25) is 0 Å². The maximum Gasteiger partial charge on any atom is 0.407 e. The zero-order valence-corrected chi connectivity index (χ0v) is 19.7. The highest BCUT2D eigenvalue weighted by Gasteiger charge is 2.37. The van der Waals surface area contributed by atoms with Crippen LogP contribution in [-0.4, -0.2) is 42.3 Å². The molecule has 2 aromatic carbocycles. The second-order valence-electron chi connectivity index (χ2n) is 10.1. The van der Waals surface area contributed by atoms with Crippen molar-refractivity contribution in [1.82, 2.24) is 10.6 Å². The maximum atomic E-state index is 12.8. The second-order valence-corrected chi connectivity index (χ2v) is 10.1. The van der Waals surface area contributed by atoms with E-state index in [0.717, 1.165) is 36.8 Å². The summed E-state index contributed by atoms with van der Waals surface area (Å²) in [5.41, 5.74) is 4.68. The summed E-state index contributed by atoms with van der Waals surface area (Å²) < 4.78 is 5.61. The molecule has 0 aromatic heterocycles. The molecule has 184 valence electrons. The predicted octanol–water partition coefficient (Wildman–Crippen LogP) is 4.31. The Kier molecular flexibility index (Phi) is 6.75. The number of amides is 2. The van der Waals surface area contributed by atoms with Crippen LogP contribution in [0.5, 0.6) is 0 Å². The standard InChI is InChI=1S/C28H32N2O5/c31-26(30-25(27(32)33)14-17-12-13-17)19-11-5-6-18(19)15-29-28(34)35-16-24-22-9-3-1-7-20(22)21-8-2-4-10-23(21)24/h1-4,7-10,17-19,24-25H,5-6,11-16H2,(H,29,34)(H,30,31)(H,32,33)/t18-,19-,25?/m0/s1. The van der Waals surface area contributed by atoms with E-state index in [9.17, 15) is 19.5 Å². The van der Waals surface area contributed by atoms with Crippen molar-refractivity contribution in [3.05, 3.63) is 59.7 Å². The van der Waals surface area contributed by atoms with Crippen LogP contribution in [0.25, 0.3) is 11.1 Å². The molecule has 3 N–H and O–H groups in total. The number of nitrogens with one attached hydrogen (secondary N) is 2. The van der Waals surface area contributed by atoms with Crippen molar-refractivity contribution in [1.29, 1.82) is 0 Å². The minimum Gasteiger partial charge on any atom is -0.480 e. The number of benzene rings is 2. The Morgan fingerprint density at radius 2 is 1.60 bits per heavy atom. The van der Waals surface area contributed by atoms with E-state index in [1.807, 2.05) is 24.3 Å². The van der Waals surface area contributed by atoms with Crippen molar-refractivity contribution >= 4 is 18.0 Å². The van der Waals surface area contributed by atoms with Gasteiger partial charge in [0.2, 0.25) is 5.91 Å². The number of carbonyl (C=O) groups excluding carboxylic acids is 2. The van der Waals surface area contributed by atoms with Gasteiger partial charge in [-0.25, -0.2) is 9.59 Å². The van der Waals surface area contributed by atoms with Gasteiger partial charge in [0.25, 0.3) is 0 Å². The first-order valence-electron chi connectivity index (χ1n) is 12.6. The number of carboxylic acid groups (broad SMARTS) is 1. The third-order valence-electron chi connectivity index (χ3n) is 7.73. The van der Waals surface area contributed by atoms with Gasteiger partial charge in [0, 0.05) is 18.4 Å². The van der Waals surface area contributed by atoms with Crippen molar-refractivity contribution in [3.63, 3.8) is 0 Å². The van der Waals surface area contributed by atoms with Crippen LogP contribution >= 0.6 is 0 Å². The smallest absolute Gasteiger partial charge is 0.407 e. The molecule has 5 rings (SSSR count). The number of ether oxygens (including phenoxy) is 1. The minimum atomic E-state index is -0.975. The highest BCUT2D eigenvalue weighted by atomic mass is 16.5. The van der Waals surface area contributed by atoms with Crippen molar-refractivity contribution < 1.29 is 24.2 Å². The maximum absolute atomic E-state index is 12.8. The third-order valence-corrected chi connectivity index (χ3v) is 7.73. The predicted molar refractivity (Wildman–Crippen MR) is 131 cm³/mol. The van der Waals surface area contributed by atoms with Crippen LogP contribution in [0.4, 0.5) is 4.79 Å². The monoisotopic (exact) mass is 476 g/mol. The molecule has 2 aromatic rings. The molecular weight excluding hydrogens is 444 g/mol. The number of alkyl carbamates (subject to hydrolysis) is 1. The summed E-state index contributed by atoms with van der Waals surface area (Å²) in [7, 11) is 0. The summed E-state index contributed by atoms with van der Waals surface area (Å²) in [6, 6.07) is 15.6. The Hall–Kier alpha value is -3.35. The molecule has 1 unspecified atom stereocenters. The van der Waals surface area contributed by atoms with E-state index in [1.165, 1.54) is 11.1 Å². The molecule has 3 atom stereocenters. The zero-order valence-electron chi connectivity index (χ0n) is 19.7. The average molecular weight is 477 g/mol. The Morgan fingerprint density at radius 3 is 2.23 bits per heavy atom. The van der Waals surface area contributed by atoms with Gasteiger partial charge in [0.1, 0.15) is 12.6 Å². The highest BCUT2D eigenvalue weighted by molar-refractivity contribution is 5.85. The summed E-state index contributed by atoms with van der Waals surface area (Å²) in [5, 5.41) is 15.1. The topological polar surface area (TPSA) is 105 Å². The van der Waals surface area contributed by atoms with E-state index in [2.05, 4.69) is 34.9 Å². The molecule has 2 amide bonds. The minimum absolute atomic E-state index is 0.00224. The van der Waals surface area contributed by atoms with Crippen molar-refractivity contribution in [2.24, 2.45) is 17.8 Å². The number of carboxylic acids is 1. The fourth-order valence-corrected chi connectivity index (χ4v) is 5.68. The molecule has 2 saturated carbocycles. The number of hydrogen-bond donors (Lipinski definition) is 3. The van der Waals surface area contributed by atoms with Crippen molar-refractivity contribution in [2.45, 2.75) is 50.5 Å². The number of carbonyl (C=O) groups is 3. The van der Waals surface area contributed by atoms with E-state index in [4.69, 9.17) is 4.74 Å². The molecule has 2 fully saturated rings. The van der Waals surface area contributed by atoms with E-state index < -0.39 is 18.1 Å². The van der Waals surface area contributed by atoms with Gasteiger partial charge in [-0.15, -0.1) is 0 Å². The molecule has 7 nitrogen and oxygen atoms in total. The van der Waals surface area contributed by atoms with Gasteiger partial charge in [-0.2, -0.15) is 0 Å². The lowest BCUT2D eigenvalue weighted by atomic mass is 9.94. The Bertz CT molecular complexity index is 1070. The summed E-state index contributed by atoms with van der Waals surface area (Å²) >= 11 is 0. The van der Waals surface area contributed by atoms with Crippen LogP contribution in [-0.2, 0) is 14.3 Å². The SMILES string of the molecule is O=C(NC[C@@H]1CCC[C@@H]1C(=O)NC(CC1CC1)C(=O)O)OCC1c2ccccc2-c2ccccc21. The third kappa shape index (κ3) is 5.19. The first kappa shape index (κ1) is 23.4. The van der Waals surface area contributed by atoms with Gasteiger partial charge in [-0.3, -0.25) is 4.79 Å². The first-order valence-corrected chi connectivity index (χ1v) is 12.6. The van der Waals surface area contributed by atoms with E-state index >= 15 is 0 Å². The van der Waals surface area contributed by atoms with Crippen LogP contribution in [0.3, 0.4) is 0 Å². The van der Waals surface area contributed by atoms with Gasteiger partial charge >= 0.3 is 12.1 Å². The quantitative estimate of drug-likeness (QED) is 0.500. The van der Waals surface area contributed by atoms with E-state index in [-0.39, 0.29) is 30.3 Å². The molecule has 7 heteroatoms. The fraction of sp³-hybridized carbons (Fsp3) is 0.464. The number of aliphatic carboxylic acids is 1. The van der Waals surface area contributed by atoms with E-state index in [1.54, 1.807) is 0 Å². The lowest BCUT2D eigenvalue weighted by Crippen LogP contribution is -2.45. The van der Waals surface area contributed by atoms with Gasteiger partial charge in [-0.05, 0) is 53.4 Å². The molecular formula is C28H32N2O5. The number of hydrogen-bond acceptors (Lipinski definition) is 4. The highest BCUT2D eigenvalue weighted by Crippen LogP contribution is 2.44. The molecule has 0 saturated heterocycles. The zero-order chi connectivity index (χ0) is 24.4. The summed E-state index contributed by atoms with van der Waals surface area (Å²) in [6.45, 7) is 0.588. The number of rotatable bonds is 9. The Labute approximate surface area is 205 Å². The van der Waals surface area contributed by atoms with Crippen LogP contribution in [0.1, 0.15) is 55.6 Å². The Morgan fingerprint density at radius 1 is 0.943 bits per heavy atom. The summed E-state index contributed by atoms with van der Waals surface area (Å²) in [4.78, 5) is 36.9. The van der Waals surface area contributed by atoms with E-state index in [0.29, 0.717) is 25.3 Å². The molecule has 0 radical (unpaired) electrons. The van der Waals surface area contributed by atoms with Gasteiger partial charge in [0.05, 0.1) is 0 Å². The van der Waals surface area contributed by atoms with Crippen molar-refractivity contribution in [3.8, 4) is 11.1 Å². The first-order chi connectivity index (χ1) is 17.0. The van der Waals surface area contributed by atoms with Gasteiger partial charge in [0.15, 0.2) is 0 Å². The molecule has 0 bridgehead atoms.